The molecule has 3 rings (SSSR count). The van der Waals surface area contributed by atoms with Crippen LogP contribution in [0.4, 0.5) is 18.9 Å². The molecule has 0 fully saturated rings. The number of nitrogens with zero attached hydrogens (tertiary/aromatic N) is 2. The highest BCUT2D eigenvalue weighted by atomic mass is 32.1. The van der Waals surface area contributed by atoms with Crippen LogP contribution in [-0.2, 0) is 30.5 Å². The number of benzene rings is 2. The van der Waals surface area contributed by atoms with Gasteiger partial charge in [-0.3, -0.25) is 9.69 Å². The van der Waals surface area contributed by atoms with E-state index in [0.29, 0.717) is 11.6 Å². The molecule has 0 aliphatic heterocycles. The standard InChI is InChI=1S/C22H22F3N3OS/c1-15-7-3-6-10-19(15)27-20(29)11-21-26-17(14-30-21)13-28(2)12-16-8-4-5-9-18(16)22(23,24)25/h3-10,14H,11-13H2,1-2H3,(H,27,29). The van der Waals surface area contributed by atoms with Crippen molar-refractivity contribution < 1.29 is 18.0 Å². The molecule has 0 aliphatic rings. The average Bonchev–Trinajstić information content (AvgIpc) is 3.09. The highest BCUT2D eigenvalue weighted by molar-refractivity contribution is 7.09. The number of nitrogens with one attached hydrogen (secondary N) is 1. The molecule has 2 aromatic carbocycles. The molecule has 8 heteroatoms. The van der Waals surface area contributed by atoms with Crippen LogP contribution in [0.5, 0.6) is 0 Å². The van der Waals surface area contributed by atoms with E-state index in [9.17, 15) is 18.0 Å². The molecule has 1 aromatic heterocycles. The first-order chi connectivity index (χ1) is 14.2. The van der Waals surface area contributed by atoms with E-state index >= 15 is 0 Å². The van der Waals surface area contributed by atoms with Crippen molar-refractivity contribution in [3.63, 3.8) is 0 Å². The molecule has 1 amide bonds. The van der Waals surface area contributed by atoms with Gasteiger partial charge in [0.15, 0.2) is 0 Å². The Bertz CT molecular complexity index is 1020. The zero-order valence-corrected chi connectivity index (χ0v) is 17.5. The van der Waals surface area contributed by atoms with Gasteiger partial charge in [0.2, 0.25) is 5.91 Å². The molecular weight excluding hydrogens is 411 g/mol. The largest absolute Gasteiger partial charge is 0.416 e. The third-order valence-electron chi connectivity index (χ3n) is 4.53. The van der Waals surface area contributed by atoms with Crippen LogP contribution in [-0.4, -0.2) is 22.8 Å². The molecule has 1 heterocycles. The summed E-state index contributed by atoms with van der Waals surface area (Å²) in [6.07, 6.45) is -4.23. The first-order valence-electron chi connectivity index (χ1n) is 9.35. The number of thiazole rings is 1. The maximum Gasteiger partial charge on any atom is 0.416 e. The van der Waals surface area contributed by atoms with Crippen molar-refractivity contribution in [2.45, 2.75) is 32.6 Å². The van der Waals surface area contributed by atoms with Crippen LogP contribution in [0, 0.1) is 6.92 Å². The van der Waals surface area contributed by atoms with Gasteiger partial charge in [-0.2, -0.15) is 13.2 Å². The van der Waals surface area contributed by atoms with Gasteiger partial charge in [-0.15, -0.1) is 11.3 Å². The number of rotatable bonds is 7. The van der Waals surface area contributed by atoms with Gasteiger partial charge in [-0.05, 0) is 37.2 Å². The monoisotopic (exact) mass is 433 g/mol. The summed E-state index contributed by atoms with van der Waals surface area (Å²) in [5.74, 6) is -0.155. The third kappa shape index (κ3) is 5.90. The summed E-state index contributed by atoms with van der Waals surface area (Å²) in [6, 6.07) is 13.1. The Morgan fingerprint density at radius 3 is 2.53 bits per heavy atom. The average molecular weight is 433 g/mol. The molecule has 0 atom stereocenters. The fourth-order valence-electron chi connectivity index (χ4n) is 3.11. The molecule has 30 heavy (non-hydrogen) atoms. The smallest absolute Gasteiger partial charge is 0.325 e. The van der Waals surface area contributed by atoms with Crippen molar-refractivity contribution in [3.05, 3.63) is 81.3 Å². The van der Waals surface area contributed by atoms with Crippen LogP contribution < -0.4 is 5.32 Å². The molecule has 0 unspecified atom stereocenters. The van der Waals surface area contributed by atoms with E-state index in [1.807, 2.05) is 36.6 Å². The van der Waals surface area contributed by atoms with Gasteiger partial charge < -0.3 is 5.32 Å². The Morgan fingerprint density at radius 1 is 1.10 bits per heavy atom. The van der Waals surface area contributed by atoms with Gasteiger partial charge in [0, 0.05) is 24.2 Å². The second-order valence-corrected chi connectivity index (χ2v) is 8.04. The molecule has 4 nitrogen and oxygen atoms in total. The van der Waals surface area contributed by atoms with Crippen molar-refractivity contribution in [3.8, 4) is 0 Å². The Labute approximate surface area is 177 Å². The number of halogens is 3. The van der Waals surface area contributed by atoms with E-state index in [4.69, 9.17) is 0 Å². The molecule has 0 saturated carbocycles. The Hall–Kier alpha value is -2.71. The van der Waals surface area contributed by atoms with Crippen LogP contribution in [0.1, 0.15) is 27.4 Å². The van der Waals surface area contributed by atoms with Crippen LogP contribution in [0.2, 0.25) is 0 Å². The van der Waals surface area contributed by atoms with Crippen molar-refractivity contribution in [1.82, 2.24) is 9.88 Å². The predicted molar refractivity (Wildman–Crippen MR) is 112 cm³/mol. The van der Waals surface area contributed by atoms with Crippen molar-refractivity contribution in [2.24, 2.45) is 0 Å². The second-order valence-electron chi connectivity index (χ2n) is 7.10. The first kappa shape index (κ1) is 22.0. The molecule has 0 radical (unpaired) electrons. The number of carbonyl (C=O) groups excluding carboxylic acids is 1. The van der Waals surface area contributed by atoms with E-state index in [0.717, 1.165) is 23.0 Å². The van der Waals surface area contributed by atoms with E-state index in [2.05, 4.69) is 10.3 Å². The number of anilines is 1. The summed E-state index contributed by atoms with van der Waals surface area (Å²) in [6.45, 7) is 2.46. The van der Waals surface area contributed by atoms with E-state index in [1.54, 1.807) is 18.0 Å². The number of carbonyl (C=O) groups is 1. The minimum atomic E-state index is -4.38. The lowest BCUT2D eigenvalue weighted by atomic mass is 10.1. The van der Waals surface area contributed by atoms with Crippen LogP contribution in [0.3, 0.4) is 0 Å². The van der Waals surface area contributed by atoms with Crippen LogP contribution in [0.25, 0.3) is 0 Å². The zero-order chi connectivity index (χ0) is 21.7. The quantitative estimate of drug-likeness (QED) is 0.551. The normalized spacial score (nSPS) is 11.7. The van der Waals surface area contributed by atoms with E-state index < -0.39 is 11.7 Å². The van der Waals surface area contributed by atoms with Crippen LogP contribution >= 0.6 is 11.3 Å². The van der Waals surface area contributed by atoms with Gasteiger partial charge in [0.1, 0.15) is 5.01 Å². The van der Waals surface area contributed by atoms with E-state index in [-0.39, 0.29) is 24.4 Å². The molecule has 3 aromatic rings. The summed E-state index contributed by atoms with van der Waals surface area (Å²) in [7, 11) is 1.75. The predicted octanol–water partition coefficient (Wildman–Crippen LogP) is 5.28. The molecule has 0 bridgehead atoms. The number of hydrogen-bond acceptors (Lipinski definition) is 4. The van der Waals surface area contributed by atoms with Gasteiger partial charge in [-0.1, -0.05) is 36.4 Å². The maximum absolute atomic E-state index is 13.2. The molecule has 158 valence electrons. The Kier molecular flexibility index (Phi) is 6.89. The lowest BCUT2D eigenvalue weighted by molar-refractivity contribution is -0.138. The highest BCUT2D eigenvalue weighted by Gasteiger charge is 2.33. The Balaban J connectivity index is 1.58. The molecule has 0 saturated heterocycles. The van der Waals surface area contributed by atoms with Gasteiger partial charge in [-0.25, -0.2) is 4.98 Å². The number of alkyl halides is 3. The summed E-state index contributed by atoms with van der Waals surface area (Å²) in [4.78, 5) is 18.5. The first-order valence-corrected chi connectivity index (χ1v) is 10.2. The Morgan fingerprint density at radius 2 is 1.80 bits per heavy atom. The molecular formula is C22H22F3N3OS. The second kappa shape index (κ2) is 9.40. The fraction of sp³-hybridized carbons (Fsp3) is 0.273. The SMILES string of the molecule is Cc1ccccc1NC(=O)Cc1nc(CN(C)Cc2ccccc2C(F)(F)F)cs1. The number of aromatic nitrogens is 1. The lowest BCUT2D eigenvalue weighted by Crippen LogP contribution is -2.20. The zero-order valence-electron chi connectivity index (χ0n) is 16.7. The topological polar surface area (TPSA) is 45.2 Å². The summed E-state index contributed by atoms with van der Waals surface area (Å²) < 4.78 is 39.5. The summed E-state index contributed by atoms with van der Waals surface area (Å²) in [5, 5.41) is 5.38. The lowest BCUT2D eigenvalue weighted by Gasteiger charge is -2.19. The fourth-order valence-corrected chi connectivity index (χ4v) is 3.89. The minimum absolute atomic E-state index is 0.149. The summed E-state index contributed by atoms with van der Waals surface area (Å²) in [5.41, 5.74) is 2.07. The van der Waals surface area contributed by atoms with Crippen molar-refractivity contribution >= 4 is 22.9 Å². The number of para-hydroxylation sites is 1. The summed E-state index contributed by atoms with van der Waals surface area (Å²) >= 11 is 1.37. The van der Waals surface area contributed by atoms with Gasteiger partial charge in [0.25, 0.3) is 0 Å². The molecule has 0 spiro atoms. The van der Waals surface area contributed by atoms with Crippen molar-refractivity contribution in [1.29, 1.82) is 0 Å². The third-order valence-corrected chi connectivity index (χ3v) is 5.42. The number of aryl methyl sites for hydroxylation is 1. The molecule has 1 N–H and O–H groups in total. The minimum Gasteiger partial charge on any atom is -0.325 e. The maximum atomic E-state index is 13.2. The van der Waals surface area contributed by atoms with Gasteiger partial charge in [0.05, 0.1) is 17.7 Å². The highest BCUT2D eigenvalue weighted by Crippen LogP contribution is 2.32. The van der Waals surface area contributed by atoms with E-state index in [1.165, 1.54) is 23.5 Å². The van der Waals surface area contributed by atoms with Gasteiger partial charge >= 0.3 is 6.18 Å². The number of hydrogen-bond donors (Lipinski definition) is 1. The number of amides is 1. The van der Waals surface area contributed by atoms with Crippen molar-refractivity contribution in [2.75, 3.05) is 12.4 Å². The molecule has 0 aliphatic carbocycles. The van der Waals surface area contributed by atoms with Crippen LogP contribution in [0.15, 0.2) is 53.9 Å².